The van der Waals surface area contributed by atoms with Gasteiger partial charge in [0.2, 0.25) is 5.91 Å². The minimum atomic E-state index is -0.387. The van der Waals surface area contributed by atoms with Crippen molar-refractivity contribution in [1.82, 2.24) is 10.6 Å². The number of piperidine rings is 1. The molecule has 0 aromatic heterocycles. The third-order valence-electron chi connectivity index (χ3n) is 2.44. The van der Waals surface area contributed by atoms with E-state index in [1.165, 1.54) is 0 Å². The molecule has 0 spiro atoms. The van der Waals surface area contributed by atoms with Crippen LogP contribution in [0.4, 0.5) is 0 Å². The highest BCUT2D eigenvalue weighted by Crippen LogP contribution is 2.09. The monoisotopic (exact) mass is 221 g/mol. The van der Waals surface area contributed by atoms with E-state index in [2.05, 4.69) is 10.6 Å². The summed E-state index contributed by atoms with van der Waals surface area (Å²) >= 11 is 0. The molecule has 5 heteroatoms. The molecule has 0 radical (unpaired) electrons. The Morgan fingerprint density at radius 2 is 2.14 bits per heavy atom. The molecule has 14 heavy (non-hydrogen) atoms. The Balaban J connectivity index is 0.00000169. The first kappa shape index (κ1) is 13.7. The first-order valence-electron chi connectivity index (χ1n) is 4.94. The van der Waals surface area contributed by atoms with Crippen molar-refractivity contribution in [2.24, 2.45) is 11.7 Å². The van der Waals surface area contributed by atoms with Gasteiger partial charge < -0.3 is 16.4 Å². The molecule has 1 amide bonds. The summed E-state index contributed by atoms with van der Waals surface area (Å²) in [5.74, 6) is 0.586. The zero-order valence-corrected chi connectivity index (χ0v) is 9.40. The number of hydrogen-bond donors (Lipinski definition) is 3. The van der Waals surface area contributed by atoms with Gasteiger partial charge in [-0.2, -0.15) is 0 Å². The molecule has 1 saturated heterocycles. The molecule has 1 unspecified atom stereocenters. The quantitative estimate of drug-likeness (QED) is 0.622. The Kier molecular flexibility index (Phi) is 6.87. The lowest BCUT2D eigenvalue weighted by molar-refractivity contribution is -0.122. The van der Waals surface area contributed by atoms with Crippen LogP contribution in [0.2, 0.25) is 0 Å². The van der Waals surface area contributed by atoms with Crippen LogP contribution in [0.5, 0.6) is 0 Å². The number of carbonyl (C=O) groups excluding carboxylic acids is 1. The van der Waals surface area contributed by atoms with Crippen molar-refractivity contribution in [2.45, 2.75) is 25.8 Å². The van der Waals surface area contributed by atoms with Crippen LogP contribution >= 0.6 is 12.4 Å². The number of halogens is 1. The van der Waals surface area contributed by atoms with E-state index >= 15 is 0 Å². The predicted molar refractivity (Wildman–Crippen MR) is 59.5 cm³/mol. The molecule has 1 aliphatic rings. The number of nitrogens with one attached hydrogen (secondary N) is 2. The van der Waals surface area contributed by atoms with Gasteiger partial charge in [-0.1, -0.05) is 0 Å². The van der Waals surface area contributed by atoms with Gasteiger partial charge in [0.05, 0.1) is 6.04 Å². The maximum Gasteiger partial charge on any atom is 0.236 e. The summed E-state index contributed by atoms with van der Waals surface area (Å²) in [6.45, 7) is 4.62. The van der Waals surface area contributed by atoms with Crippen LogP contribution in [0.25, 0.3) is 0 Å². The van der Waals surface area contributed by atoms with Gasteiger partial charge in [0.15, 0.2) is 0 Å². The van der Waals surface area contributed by atoms with Crippen molar-refractivity contribution < 1.29 is 4.79 Å². The van der Waals surface area contributed by atoms with Crippen LogP contribution in [-0.4, -0.2) is 31.6 Å². The number of amides is 1. The van der Waals surface area contributed by atoms with Gasteiger partial charge in [0.1, 0.15) is 0 Å². The van der Waals surface area contributed by atoms with E-state index in [4.69, 9.17) is 5.73 Å². The highest BCUT2D eigenvalue weighted by atomic mass is 35.5. The van der Waals surface area contributed by atoms with Gasteiger partial charge >= 0.3 is 0 Å². The fourth-order valence-corrected chi connectivity index (χ4v) is 1.49. The predicted octanol–water partition coefficient (Wildman–Crippen LogP) is -0.129. The Labute approximate surface area is 91.4 Å². The summed E-state index contributed by atoms with van der Waals surface area (Å²) in [4.78, 5) is 11.1. The van der Waals surface area contributed by atoms with Crippen molar-refractivity contribution in [2.75, 3.05) is 19.6 Å². The average molecular weight is 222 g/mol. The number of nitrogens with two attached hydrogens (primary N) is 1. The lowest BCUT2D eigenvalue weighted by atomic mass is 9.98. The third-order valence-corrected chi connectivity index (χ3v) is 2.44. The summed E-state index contributed by atoms with van der Waals surface area (Å²) in [6.07, 6.45) is 2.30. The summed E-state index contributed by atoms with van der Waals surface area (Å²) in [5.41, 5.74) is 5.43. The molecule has 1 atom stereocenters. The molecule has 1 aliphatic heterocycles. The average Bonchev–Trinajstić information content (AvgIpc) is 2.15. The summed E-state index contributed by atoms with van der Waals surface area (Å²) in [6, 6.07) is -0.387. The summed E-state index contributed by atoms with van der Waals surface area (Å²) < 4.78 is 0. The summed E-state index contributed by atoms with van der Waals surface area (Å²) in [5, 5.41) is 6.15. The van der Waals surface area contributed by atoms with Crippen molar-refractivity contribution in [3.8, 4) is 0 Å². The molecule has 1 fully saturated rings. The van der Waals surface area contributed by atoms with Gasteiger partial charge in [-0.05, 0) is 38.8 Å². The van der Waals surface area contributed by atoms with Crippen LogP contribution in [-0.2, 0) is 4.79 Å². The van der Waals surface area contributed by atoms with Crippen molar-refractivity contribution in [3.63, 3.8) is 0 Å². The Bertz CT molecular complexity index is 169. The SMILES string of the molecule is CC(N)C(=O)NCC1CCNCC1.Cl. The lowest BCUT2D eigenvalue weighted by Crippen LogP contribution is -2.42. The molecule has 4 nitrogen and oxygen atoms in total. The Morgan fingerprint density at radius 1 is 1.57 bits per heavy atom. The molecule has 0 saturated carbocycles. The molecule has 0 aromatic carbocycles. The second-order valence-corrected chi connectivity index (χ2v) is 3.73. The molecule has 0 aliphatic carbocycles. The molecule has 4 N–H and O–H groups in total. The summed E-state index contributed by atoms with van der Waals surface area (Å²) in [7, 11) is 0. The first-order valence-corrected chi connectivity index (χ1v) is 4.94. The van der Waals surface area contributed by atoms with E-state index in [-0.39, 0.29) is 24.4 Å². The molecule has 0 aromatic rings. The molecule has 84 valence electrons. The minimum absolute atomic E-state index is 0. The molecular weight excluding hydrogens is 202 g/mol. The van der Waals surface area contributed by atoms with Gasteiger partial charge in [0, 0.05) is 6.54 Å². The largest absolute Gasteiger partial charge is 0.354 e. The normalized spacial score (nSPS) is 19.6. The van der Waals surface area contributed by atoms with E-state index in [1.54, 1.807) is 6.92 Å². The number of rotatable bonds is 3. The van der Waals surface area contributed by atoms with Crippen LogP contribution in [0.15, 0.2) is 0 Å². The van der Waals surface area contributed by atoms with E-state index in [9.17, 15) is 4.79 Å². The molecule has 1 rings (SSSR count). The lowest BCUT2D eigenvalue weighted by Gasteiger charge is -2.23. The van der Waals surface area contributed by atoms with E-state index in [0.717, 1.165) is 32.5 Å². The molecule has 0 bridgehead atoms. The fraction of sp³-hybridized carbons (Fsp3) is 0.889. The van der Waals surface area contributed by atoms with E-state index < -0.39 is 0 Å². The van der Waals surface area contributed by atoms with Crippen LogP contribution in [0.3, 0.4) is 0 Å². The zero-order valence-electron chi connectivity index (χ0n) is 8.58. The molecular formula is C9H20ClN3O. The van der Waals surface area contributed by atoms with Crippen LogP contribution in [0.1, 0.15) is 19.8 Å². The minimum Gasteiger partial charge on any atom is -0.354 e. The van der Waals surface area contributed by atoms with Crippen LogP contribution < -0.4 is 16.4 Å². The standard InChI is InChI=1S/C9H19N3O.ClH/c1-7(10)9(13)12-6-8-2-4-11-5-3-8;/h7-8,11H,2-6,10H2,1H3,(H,12,13);1H. The van der Waals surface area contributed by atoms with Gasteiger partial charge in [-0.15, -0.1) is 12.4 Å². The van der Waals surface area contributed by atoms with Crippen molar-refractivity contribution >= 4 is 18.3 Å². The highest BCUT2D eigenvalue weighted by molar-refractivity contribution is 5.85. The van der Waals surface area contributed by atoms with E-state index in [1.807, 2.05) is 0 Å². The first-order chi connectivity index (χ1) is 6.20. The highest BCUT2D eigenvalue weighted by Gasteiger charge is 2.14. The maximum absolute atomic E-state index is 11.1. The van der Waals surface area contributed by atoms with Crippen molar-refractivity contribution in [1.29, 1.82) is 0 Å². The second kappa shape index (κ2) is 7.04. The zero-order chi connectivity index (χ0) is 9.68. The van der Waals surface area contributed by atoms with Gasteiger partial charge in [0.25, 0.3) is 0 Å². The van der Waals surface area contributed by atoms with Crippen molar-refractivity contribution in [3.05, 3.63) is 0 Å². The van der Waals surface area contributed by atoms with Gasteiger partial charge in [-0.25, -0.2) is 0 Å². The maximum atomic E-state index is 11.1. The van der Waals surface area contributed by atoms with Crippen LogP contribution in [0, 0.1) is 5.92 Å². The van der Waals surface area contributed by atoms with E-state index in [0.29, 0.717) is 5.92 Å². The second-order valence-electron chi connectivity index (χ2n) is 3.73. The number of hydrogen-bond acceptors (Lipinski definition) is 3. The Hall–Kier alpha value is -0.320. The number of carbonyl (C=O) groups is 1. The topological polar surface area (TPSA) is 67.2 Å². The fourth-order valence-electron chi connectivity index (χ4n) is 1.49. The van der Waals surface area contributed by atoms with Gasteiger partial charge in [-0.3, -0.25) is 4.79 Å². The Morgan fingerprint density at radius 3 is 2.64 bits per heavy atom. The third kappa shape index (κ3) is 4.79. The smallest absolute Gasteiger partial charge is 0.236 e. The molecule has 1 heterocycles.